The summed E-state index contributed by atoms with van der Waals surface area (Å²) in [6, 6.07) is 9.65. The van der Waals surface area contributed by atoms with Crippen LogP contribution in [0.5, 0.6) is 0 Å². The Morgan fingerprint density at radius 2 is 1.52 bits per heavy atom. The number of carbonyl (C=O) groups excluding carboxylic acids is 1. The average molecular weight is 396 g/mol. The molecule has 2 rings (SSSR count). The van der Waals surface area contributed by atoms with Gasteiger partial charge in [-0.05, 0) is 69.6 Å². The van der Waals surface area contributed by atoms with Crippen LogP contribution in [0.25, 0.3) is 0 Å². The molecule has 0 N–H and O–H groups in total. The highest BCUT2D eigenvalue weighted by Crippen LogP contribution is 2.28. The summed E-state index contributed by atoms with van der Waals surface area (Å²) < 4.78 is 0. The fourth-order valence-electron chi connectivity index (χ4n) is 4.14. The highest BCUT2D eigenvalue weighted by atomic mass is 16.2. The van der Waals surface area contributed by atoms with Gasteiger partial charge in [-0.15, -0.1) is 0 Å². The molecular weight excluding hydrogens is 354 g/mol. The lowest BCUT2D eigenvalue weighted by atomic mass is 10.0. The lowest BCUT2D eigenvalue weighted by molar-refractivity contribution is 0.0819. The van der Waals surface area contributed by atoms with Gasteiger partial charge in [0.2, 0.25) is 0 Å². The zero-order valence-corrected chi connectivity index (χ0v) is 18.8. The van der Waals surface area contributed by atoms with Crippen molar-refractivity contribution in [3.05, 3.63) is 59.3 Å². The van der Waals surface area contributed by atoms with Gasteiger partial charge < -0.3 is 4.90 Å². The number of carbonyl (C=O) groups is 1. The molecule has 1 amide bonds. The highest BCUT2D eigenvalue weighted by molar-refractivity contribution is 5.95. The number of allylic oxidation sites excluding steroid dienone is 3. The summed E-state index contributed by atoms with van der Waals surface area (Å²) in [7, 11) is 0. The molecule has 0 radical (unpaired) electrons. The maximum Gasteiger partial charge on any atom is 0.258 e. The van der Waals surface area contributed by atoms with E-state index < -0.39 is 0 Å². The third kappa shape index (κ3) is 8.60. The van der Waals surface area contributed by atoms with Crippen molar-refractivity contribution in [2.45, 2.75) is 97.3 Å². The molecule has 2 nitrogen and oxygen atoms in total. The van der Waals surface area contributed by atoms with E-state index in [1.807, 2.05) is 35.2 Å². The van der Waals surface area contributed by atoms with Crippen molar-refractivity contribution in [3.63, 3.8) is 0 Å². The third-order valence-electron chi connectivity index (χ3n) is 6.06. The molecule has 0 atom stereocenters. The second-order valence-corrected chi connectivity index (χ2v) is 8.39. The topological polar surface area (TPSA) is 20.3 Å². The average Bonchev–Trinajstić information content (AvgIpc) is 3.12. The van der Waals surface area contributed by atoms with E-state index in [-0.39, 0.29) is 5.91 Å². The Morgan fingerprint density at radius 3 is 2.17 bits per heavy atom. The molecule has 1 aromatic carbocycles. The fourth-order valence-corrected chi connectivity index (χ4v) is 4.14. The van der Waals surface area contributed by atoms with Crippen LogP contribution in [-0.2, 0) is 0 Å². The van der Waals surface area contributed by atoms with Crippen LogP contribution in [-0.4, -0.2) is 17.4 Å². The number of amides is 1. The minimum Gasteiger partial charge on any atom is -0.312 e. The summed E-state index contributed by atoms with van der Waals surface area (Å²) in [6.07, 6.45) is 21.5. The van der Waals surface area contributed by atoms with Crippen LogP contribution in [0, 0.1) is 0 Å². The Labute approximate surface area is 179 Å². The van der Waals surface area contributed by atoms with Gasteiger partial charge in [-0.25, -0.2) is 0 Å². The van der Waals surface area contributed by atoms with Crippen molar-refractivity contribution in [1.82, 2.24) is 4.90 Å². The molecule has 2 heteroatoms. The van der Waals surface area contributed by atoms with Gasteiger partial charge in [-0.2, -0.15) is 0 Å². The van der Waals surface area contributed by atoms with Crippen LogP contribution in [0.2, 0.25) is 0 Å². The van der Waals surface area contributed by atoms with E-state index in [0.29, 0.717) is 0 Å². The maximum atomic E-state index is 12.7. The summed E-state index contributed by atoms with van der Waals surface area (Å²) >= 11 is 0. The highest BCUT2D eigenvalue weighted by Gasteiger charge is 2.24. The molecule has 0 aliphatic carbocycles. The van der Waals surface area contributed by atoms with Gasteiger partial charge in [0.15, 0.2) is 0 Å². The van der Waals surface area contributed by atoms with Crippen molar-refractivity contribution >= 4 is 5.91 Å². The molecule has 0 bridgehead atoms. The molecule has 0 saturated heterocycles. The van der Waals surface area contributed by atoms with Crippen molar-refractivity contribution in [2.75, 3.05) is 6.54 Å². The molecule has 0 saturated carbocycles. The fraction of sp³-hybridized carbons (Fsp3) is 0.593. The lowest BCUT2D eigenvalue weighted by Gasteiger charge is -2.18. The molecular formula is C27H41NO. The SMILES string of the molecule is CCCCCCCC=CCCCCCCC1=C(C)N(C(=O)c2ccccc2)CC1. The van der Waals surface area contributed by atoms with Crippen molar-refractivity contribution in [2.24, 2.45) is 0 Å². The van der Waals surface area contributed by atoms with Crippen molar-refractivity contribution in [3.8, 4) is 0 Å². The number of nitrogens with zero attached hydrogens (tertiary/aromatic N) is 1. The predicted octanol–water partition coefficient (Wildman–Crippen LogP) is 8.06. The smallest absolute Gasteiger partial charge is 0.258 e. The van der Waals surface area contributed by atoms with Gasteiger partial charge in [0.1, 0.15) is 0 Å². The number of unbranched alkanes of at least 4 members (excludes halogenated alkanes) is 9. The number of benzene rings is 1. The standard InChI is InChI=1S/C27H41NO/c1-3-4-5-6-7-8-9-10-11-12-13-14-16-19-25-22-23-28(24(25)2)27(29)26-20-17-15-18-21-26/h9-10,15,17-18,20-21H,3-8,11-14,16,19,22-23H2,1-2H3. The molecule has 1 aliphatic rings. The van der Waals surface area contributed by atoms with Gasteiger partial charge in [0.25, 0.3) is 5.91 Å². The van der Waals surface area contributed by atoms with E-state index in [2.05, 4.69) is 26.0 Å². The monoisotopic (exact) mass is 395 g/mol. The normalized spacial score (nSPS) is 14.3. The van der Waals surface area contributed by atoms with Gasteiger partial charge >= 0.3 is 0 Å². The van der Waals surface area contributed by atoms with Crippen LogP contribution < -0.4 is 0 Å². The van der Waals surface area contributed by atoms with Crippen LogP contribution in [0.15, 0.2) is 53.8 Å². The molecule has 160 valence electrons. The summed E-state index contributed by atoms with van der Waals surface area (Å²) in [4.78, 5) is 14.6. The summed E-state index contributed by atoms with van der Waals surface area (Å²) in [5, 5.41) is 0. The minimum atomic E-state index is 0.148. The Hall–Kier alpha value is -1.83. The lowest BCUT2D eigenvalue weighted by Crippen LogP contribution is -2.26. The molecule has 1 aliphatic heterocycles. The van der Waals surface area contributed by atoms with E-state index in [0.717, 1.165) is 24.9 Å². The first-order valence-corrected chi connectivity index (χ1v) is 11.9. The van der Waals surface area contributed by atoms with E-state index in [9.17, 15) is 4.79 Å². The first-order chi connectivity index (χ1) is 14.2. The number of hydrogen-bond donors (Lipinski definition) is 0. The minimum absolute atomic E-state index is 0.148. The van der Waals surface area contributed by atoms with Gasteiger partial charge in [0.05, 0.1) is 0 Å². The second kappa shape index (κ2) is 14.2. The predicted molar refractivity (Wildman–Crippen MR) is 125 cm³/mol. The third-order valence-corrected chi connectivity index (χ3v) is 6.06. The largest absolute Gasteiger partial charge is 0.312 e. The Balaban J connectivity index is 1.55. The quantitative estimate of drug-likeness (QED) is 0.230. The molecule has 29 heavy (non-hydrogen) atoms. The Morgan fingerprint density at radius 1 is 0.897 bits per heavy atom. The maximum absolute atomic E-state index is 12.7. The van der Waals surface area contributed by atoms with Crippen LogP contribution in [0.4, 0.5) is 0 Å². The molecule has 0 unspecified atom stereocenters. The molecule has 0 aromatic heterocycles. The van der Waals surface area contributed by atoms with E-state index in [4.69, 9.17) is 0 Å². The van der Waals surface area contributed by atoms with Gasteiger partial charge in [0, 0.05) is 17.8 Å². The molecule has 0 fully saturated rings. The second-order valence-electron chi connectivity index (χ2n) is 8.39. The van der Waals surface area contributed by atoms with Gasteiger partial charge in [-0.3, -0.25) is 4.79 Å². The first-order valence-electron chi connectivity index (χ1n) is 11.9. The van der Waals surface area contributed by atoms with E-state index >= 15 is 0 Å². The molecule has 1 aromatic rings. The summed E-state index contributed by atoms with van der Waals surface area (Å²) in [5.74, 6) is 0.148. The number of hydrogen-bond acceptors (Lipinski definition) is 1. The Kier molecular flexibility index (Phi) is 11.5. The van der Waals surface area contributed by atoms with Crippen LogP contribution in [0.3, 0.4) is 0 Å². The zero-order valence-electron chi connectivity index (χ0n) is 18.8. The van der Waals surface area contributed by atoms with E-state index in [1.165, 1.54) is 81.9 Å². The summed E-state index contributed by atoms with van der Waals surface area (Å²) in [6.45, 7) is 5.24. The van der Waals surface area contributed by atoms with Crippen LogP contribution >= 0.6 is 0 Å². The van der Waals surface area contributed by atoms with Gasteiger partial charge in [-0.1, -0.05) is 75.8 Å². The van der Waals surface area contributed by atoms with E-state index in [1.54, 1.807) is 0 Å². The first kappa shape index (κ1) is 23.4. The zero-order chi connectivity index (χ0) is 20.7. The molecule has 1 heterocycles. The van der Waals surface area contributed by atoms with Crippen molar-refractivity contribution in [1.29, 1.82) is 0 Å². The Bertz CT molecular complexity index is 644. The summed E-state index contributed by atoms with van der Waals surface area (Å²) in [5.41, 5.74) is 3.47. The number of rotatable bonds is 14. The van der Waals surface area contributed by atoms with Crippen LogP contribution in [0.1, 0.15) is 108 Å². The molecule has 0 spiro atoms. The van der Waals surface area contributed by atoms with Crippen molar-refractivity contribution < 1.29 is 4.79 Å².